The van der Waals surface area contributed by atoms with Gasteiger partial charge in [0.1, 0.15) is 5.82 Å². The molecule has 3 aliphatic heterocycles. The summed E-state index contributed by atoms with van der Waals surface area (Å²) in [6.45, 7) is 4.99. The molecule has 102 valence electrons. The molecule has 0 aromatic heterocycles. The van der Waals surface area contributed by atoms with E-state index in [9.17, 15) is 9.18 Å². The number of carbonyl (C=O) groups is 1. The van der Waals surface area contributed by atoms with E-state index in [4.69, 9.17) is 0 Å². The topological polar surface area (TPSA) is 32.3 Å². The molecule has 3 fully saturated rings. The zero-order valence-corrected chi connectivity index (χ0v) is 11.2. The van der Waals surface area contributed by atoms with Crippen LogP contribution in [-0.2, 0) is 0 Å². The molecule has 1 atom stereocenters. The number of nitrogens with zero attached hydrogens (tertiary/aromatic N) is 1. The normalized spacial score (nSPS) is 29.3. The molecule has 3 saturated heterocycles. The lowest BCUT2D eigenvalue weighted by atomic mass is 9.84. The highest BCUT2D eigenvalue weighted by Gasteiger charge is 2.35. The van der Waals surface area contributed by atoms with Crippen LogP contribution in [0.3, 0.4) is 0 Å². The van der Waals surface area contributed by atoms with E-state index in [1.807, 2.05) is 6.92 Å². The second kappa shape index (κ2) is 4.93. The van der Waals surface area contributed by atoms with Crippen molar-refractivity contribution in [2.45, 2.75) is 25.8 Å². The van der Waals surface area contributed by atoms with Crippen LogP contribution in [0.4, 0.5) is 4.39 Å². The molecule has 4 heteroatoms. The van der Waals surface area contributed by atoms with Gasteiger partial charge < -0.3 is 10.2 Å². The molecule has 0 saturated carbocycles. The Morgan fingerprint density at radius 2 is 2.11 bits per heavy atom. The van der Waals surface area contributed by atoms with Crippen LogP contribution >= 0.6 is 0 Å². The van der Waals surface area contributed by atoms with Crippen LogP contribution in [-0.4, -0.2) is 36.5 Å². The molecule has 3 nitrogen and oxygen atoms in total. The Morgan fingerprint density at radius 1 is 1.37 bits per heavy atom. The smallest absolute Gasteiger partial charge is 0.254 e. The Balaban J connectivity index is 1.71. The van der Waals surface area contributed by atoms with Gasteiger partial charge in [-0.1, -0.05) is 6.07 Å². The molecule has 1 aromatic carbocycles. The highest BCUT2D eigenvalue weighted by molar-refractivity contribution is 5.94. The van der Waals surface area contributed by atoms with E-state index < -0.39 is 5.82 Å². The summed E-state index contributed by atoms with van der Waals surface area (Å²) in [5, 5.41) is 3.01. The first-order valence-corrected chi connectivity index (χ1v) is 6.93. The fourth-order valence-corrected chi connectivity index (χ4v) is 3.18. The van der Waals surface area contributed by atoms with Crippen LogP contribution in [0.15, 0.2) is 18.2 Å². The Labute approximate surface area is 112 Å². The van der Waals surface area contributed by atoms with Crippen LogP contribution in [0, 0.1) is 18.7 Å². The maximum atomic E-state index is 13.8. The van der Waals surface area contributed by atoms with E-state index in [0.717, 1.165) is 38.0 Å². The maximum absolute atomic E-state index is 13.8. The van der Waals surface area contributed by atoms with Crippen molar-refractivity contribution in [3.8, 4) is 0 Å². The minimum absolute atomic E-state index is 0.155. The monoisotopic (exact) mass is 262 g/mol. The third-order valence-electron chi connectivity index (χ3n) is 4.34. The summed E-state index contributed by atoms with van der Waals surface area (Å²) in [5.41, 5.74) is 0.985. The molecule has 4 rings (SSSR count). The lowest BCUT2D eigenvalue weighted by Gasteiger charge is -2.44. The maximum Gasteiger partial charge on any atom is 0.254 e. The lowest BCUT2D eigenvalue weighted by Crippen LogP contribution is -2.57. The van der Waals surface area contributed by atoms with Gasteiger partial charge in [0.25, 0.3) is 5.91 Å². The van der Waals surface area contributed by atoms with Crippen molar-refractivity contribution in [3.63, 3.8) is 0 Å². The Bertz CT molecular complexity index is 495. The van der Waals surface area contributed by atoms with Gasteiger partial charge in [0, 0.05) is 12.6 Å². The van der Waals surface area contributed by atoms with E-state index in [0.29, 0.717) is 5.92 Å². The van der Waals surface area contributed by atoms with Crippen molar-refractivity contribution in [1.82, 2.24) is 10.2 Å². The van der Waals surface area contributed by atoms with Gasteiger partial charge in [-0.05, 0) is 56.5 Å². The lowest BCUT2D eigenvalue weighted by molar-refractivity contribution is 0.0618. The number of fused-ring (bicyclic) bond motifs is 3. The fraction of sp³-hybridized carbons (Fsp3) is 0.533. The summed E-state index contributed by atoms with van der Waals surface area (Å²) in [7, 11) is 0. The van der Waals surface area contributed by atoms with Crippen molar-refractivity contribution in [1.29, 1.82) is 0 Å². The summed E-state index contributed by atoms with van der Waals surface area (Å²) >= 11 is 0. The molecule has 1 unspecified atom stereocenters. The highest BCUT2D eigenvalue weighted by atomic mass is 19.1. The van der Waals surface area contributed by atoms with Gasteiger partial charge in [-0.25, -0.2) is 4.39 Å². The van der Waals surface area contributed by atoms with Gasteiger partial charge in [-0.2, -0.15) is 0 Å². The highest BCUT2D eigenvalue weighted by Crippen LogP contribution is 2.27. The first-order valence-electron chi connectivity index (χ1n) is 6.93. The second-order valence-electron chi connectivity index (χ2n) is 5.70. The molecule has 19 heavy (non-hydrogen) atoms. The average molecular weight is 262 g/mol. The predicted octanol–water partition coefficient (Wildman–Crippen LogP) is 1.96. The van der Waals surface area contributed by atoms with Gasteiger partial charge in [0.05, 0.1) is 5.56 Å². The second-order valence-corrected chi connectivity index (χ2v) is 5.70. The number of rotatable bonds is 2. The predicted molar refractivity (Wildman–Crippen MR) is 71.6 cm³/mol. The number of halogens is 1. The van der Waals surface area contributed by atoms with Crippen LogP contribution in [0.25, 0.3) is 0 Å². The zero-order valence-electron chi connectivity index (χ0n) is 11.2. The van der Waals surface area contributed by atoms with Crippen molar-refractivity contribution in [2.24, 2.45) is 5.92 Å². The molecular weight excluding hydrogens is 243 g/mol. The van der Waals surface area contributed by atoms with Crippen molar-refractivity contribution in [2.75, 3.05) is 19.6 Å². The number of benzene rings is 1. The number of amides is 1. The number of hydrogen-bond acceptors (Lipinski definition) is 2. The van der Waals surface area contributed by atoms with Crippen LogP contribution < -0.4 is 5.32 Å². The first kappa shape index (κ1) is 12.6. The van der Waals surface area contributed by atoms with Crippen molar-refractivity contribution >= 4 is 5.91 Å². The molecule has 1 N–H and O–H groups in total. The van der Waals surface area contributed by atoms with Gasteiger partial charge in [-0.15, -0.1) is 0 Å². The Morgan fingerprint density at radius 3 is 2.68 bits per heavy atom. The average Bonchev–Trinajstić information content (AvgIpc) is 2.39. The number of nitrogens with one attached hydrogen (secondary N) is 1. The van der Waals surface area contributed by atoms with Gasteiger partial charge in [0.15, 0.2) is 0 Å². The summed E-state index contributed by atoms with van der Waals surface area (Å²) in [6, 6.07) is 4.93. The largest absolute Gasteiger partial charge is 0.348 e. The Hall–Kier alpha value is -1.42. The minimum Gasteiger partial charge on any atom is -0.348 e. The van der Waals surface area contributed by atoms with Gasteiger partial charge in [-0.3, -0.25) is 4.79 Å². The molecule has 0 spiro atoms. The third-order valence-corrected chi connectivity index (χ3v) is 4.34. The van der Waals surface area contributed by atoms with E-state index in [1.165, 1.54) is 6.07 Å². The number of hydrogen-bond donors (Lipinski definition) is 1. The molecule has 3 heterocycles. The molecule has 3 aliphatic rings. The molecule has 1 amide bonds. The van der Waals surface area contributed by atoms with E-state index in [-0.39, 0.29) is 17.5 Å². The van der Waals surface area contributed by atoms with E-state index >= 15 is 0 Å². The number of carbonyl (C=O) groups excluding carboxylic acids is 1. The molecular formula is C15H19FN2O. The fourth-order valence-electron chi connectivity index (χ4n) is 3.18. The van der Waals surface area contributed by atoms with Crippen LogP contribution in [0.1, 0.15) is 28.8 Å². The van der Waals surface area contributed by atoms with Crippen LogP contribution in [0.2, 0.25) is 0 Å². The van der Waals surface area contributed by atoms with E-state index in [1.54, 1.807) is 12.1 Å². The van der Waals surface area contributed by atoms with Crippen molar-refractivity contribution < 1.29 is 9.18 Å². The van der Waals surface area contributed by atoms with Crippen LogP contribution in [0.5, 0.6) is 0 Å². The van der Waals surface area contributed by atoms with Crippen molar-refractivity contribution in [3.05, 3.63) is 35.1 Å². The third kappa shape index (κ3) is 2.50. The summed E-state index contributed by atoms with van der Waals surface area (Å²) in [5.74, 6) is -0.155. The minimum atomic E-state index is -0.432. The SMILES string of the molecule is Cc1ccc(C(=O)NC2CN3CCC2CC3)c(F)c1. The van der Waals surface area contributed by atoms with E-state index in [2.05, 4.69) is 10.2 Å². The molecule has 2 bridgehead atoms. The van der Waals surface area contributed by atoms with Gasteiger partial charge in [0.2, 0.25) is 0 Å². The quantitative estimate of drug-likeness (QED) is 0.883. The standard InChI is InChI=1S/C15H19FN2O/c1-10-2-3-12(13(16)8-10)15(19)17-14-9-18-6-4-11(14)5-7-18/h2-3,8,11,14H,4-7,9H2,1H3,(H,17,19). The summed E-state index contributed by atoms with van der Waals surface area (Å²) in [4.78, 5) is 14.5. The Kier molecular flexibility index (Phi) is 3.27. The number of aryl methyl sites for hydroxylation is 1. The number of piperidine rings is 3. The summed E-state index contributed by atoms with van der Waals surface area (Å²) < 4.78 is 13.8. The molecule has 1 aromatic rings. The summed E-state index contributed by atoms with van der Waals surface area (Å²) in [6.07, 6.45) is 2.28. The zero-order chi connectivity index (χ0) is 13.4. The van der Waals surface area contributed by atoms with Gasteiger partial charge >= 0.3 is 0 Å². The molecule has 0 radical (unpaired) electrons. The molecule has 0 aliphatic carbocycles. The first-order chi connectivity index (χ1) is 9.13.